The van der Waals surface area contributed by atoms with Crippen LogP contribution in [-0.4, -0.2) is 46.1 Å². The van der Waals surface area contributed by atoms with E-state index in [2.05, 4.69) is 26.2 Å². The largest absolute Gasteiger partial charge is 0.300 e. The molecule has 1 aliphatic heterocycles. The highest BCUT2D eigenvalue weighted by atomic mass is 79.9. The van der Waals surface area contributed by atoms with E-state index in [0.29, 0.717) is 13.0 Å². The van der Waals surface area contributed by atoms with E-state index in [1.165, 1.54) is 15.9 Å². The van der Waals surface area contributed by atoms with Crippen LogP contribution in [0.1, 0.15) is 39.0 Å². The molecule has 2 rings (SSSR count). The van der Waals surface area contributed by atoms with Crippen molar-refractivity contribution in [2.75, 3.05) is 6.54 Å². The Morgan fingerprint density at radius 1 is 1.38 bits per heavy atom. The molecule has 1 unspecified atom stereocenters. The van der Waals surface area contributed by atoms with Crippen LogP contribution in [0.2, 0.25) is 0 Å². The highest BCUT2D eigenvalue weighted by Crippen LogP contribution is 2.29. The van der Waals surface area contributed by atoms with Gasteiger partial charge in [0, 0.05) is 26.1 Å². The van der Waals surface area contributed by atoms with Crippen molar-refractivity contribution in [2.45, 2.75) is 50.1 Å². The highest BCUT2D eigenvalue weighted by Gasteiger charge is 2.36. The van der Waals surface area contributed by atoms with Gasteiger partial charge in [0.25, 0.3) is 10.0 Å². The summed E-state index contributed by atoms with van der Waals surface area (Å²) in [6.07, 6.45) is 3.68. The summed E-state index contributed by atoms with van der Waals surface area (Å²) in [4.78, 5) is 11.5. The molecule has 0 radical (unpaired) electrons. The van der Waals surface area contributed by atoms with Crippen LogP contribution in [0, 0.1) is 0 Å². The first-order chi connectivity index (χ1) is 9.84. The molecule has 7 nitrogen and oxygen atoms in total. The molecule has 21 heavy (non-hydrogen) atoms. The Hall–Kier alpha value is -0.800. The number of carbonyl (C=O) groups is 1. The van der Waals surface area contributed by atoms with E-state index >= 15 is 0 Å². The molecule has 0 saturated carbocycles. The predicted molar refractivity (Wildman–Crippen MR) is 80.1 cm³/mol. The molecule has 0 aliphatic carbocycles. The van der Waals surface area contributed by atoms with Gasteiger partial charge in [-0.15, -0.1) is 5.10 Å². The first-order valence-corrected chi connectivity index (χ1v) is 9.14. The molecule has 0 aromatic carbocycles. The van der Waals surface area contributed by atoms with Crippen LogP contribution in [0.5, 0.6) is 0 Å². The van der Waals surface area contributed by atoms with Crippen molar-refractivity contribution >= 4 is 31.7 Å². The molecule has 0 spiro atoms. The van der Waals surface area contributed by atoms with Crippen molar-refractivity contribution in [1.82, 2.24) is 19.3 Å². The lowest BCUT2D eigenvalue weighted by molar-refractivity contribution is -0.117. The summed E-state index contributed by atoms with van der Waals surface area (Å²) in [5, 5.41) is 7.52. The Morgan fingerprint density at radius 2 is 2.10 bits per heavy atom. The normalized spacial score (nSPS) is 21.2. The molecule has 0 bridgehead atoms. The van der Waals surface area contributed by atoms with Gasteiger partial charge >= 0.3 is 0 Å². The fourth-order valence-electron chi connectivity index (χ4n) is 2.71. The van der Waals surface area contributed by atoms with E-state index in [1.807, 2.05) is 0 Å². The van der Waals surface area contributed by atoms with Crippen LogP contribution in [-0.2, 0) is 21.9 Å². The van der Waals surface area contributed by atoms with E-state index in [9.17, 15) is 13.2 Å². The van der Waals surface area contributed by atoms with Gasteiger partial charge in [0.1, 0.15) is 5.78 Å². The number of hydrogen-bond donors (Lipinski definition) is 0. The number of rotatable bonds is 4. The fourth-order valence-corrected chi connectivity index (χ4v) is 5.44. The number of hydrogen-bond acceptors (Lipinski definition) is 5. The van der Waals surface area contributed by atoms with Crippen molar-refractivity contribution in [3.8, 4) is 0 Å². The summed E-state index contributed by atoms with van der Waals surface area (Å²) in [5.74, 6) is 0.00398. The lowest BCUT2D eigenvalue weighted by Gasteiger charge is -2.28. The van der Waals surface area contributed by atoms with Gasteiger partial charge in [0.15, 0.2) is 4.60 Å². The van der Waals surface area contributed by atoms with Crippen LogP contribution in [0.15, 0.2) is 9.63 Å². The second-order valence-corrected chi connectivity index (χ2v) is 7.89. The maximum Gasteiger partial charge on any atom is 0.263 e. The maximum atomic E-state index is 12.9. The van der Waals surface area contributed by atoms with E-state index in [-0.39, 0.29) is 27.9 Å². The molecular formula is C12H19BrN4O3S. The van der Waals surface area contributed by atoms with Crippen LogP contribution in [0.4, 0.5) is 0 Å². The highest BCUT2D eigenvalue weighted by molar-refractivity contribution is 9.10. The average Bonchev–Trinajstić information content (AvgIpc) is 2.60. The molecule has 1 fully saturated rings. The van der Waals surface area contributed by atoms with Crippen molar-refractivity contribution in [2.24, 2.45) is 7.05 Å². The van der Waals surface area contributed by atoms with Crippen LogP contribution in [0.3, 0.4) is 0 Å². The van der Waals surface area contributed by atoms with Crippen molar-refractivity contribution in [1.29, 1.82) is 0 Å². The van der Waals surface area contributed by atoms with E-state index < -0.39 is 10.0 Å². The Kier molecular flexibility index (Phi) is 5.15. The fraction of sp³-hybridized carbons (Fsp3) is 0.750. The summed E-state index contributed by atoms with van der Waals surface area (Å²) in [7, 11) is -2.18. The molecule has 2 heterocycles. The minimum Gasteiger partial charge on any atom is -0.300 e. The number of ketones is 1. The van der Waals surface area contributed by atoms with E-state index in [1.54, 1.807) is 7.05 Å². The van der Waals surface area contributed by atoms with Crippen molar-refractivity contribution in [3.05, 3.63) is 4.60 Å². The Morgan fingerprint density at radius 3 is 2.67 bits per heavy atom. The third-order valence-corrected chi connectivity index (χ3v) is 6.48. The number of aromatic nitrogens is 3. The lowest BCUT2D eigenvalue weighted by atomic mass is 10.1. The zero-order valence-corrected chi connectivity index (χ0v) is 14.5. The molecule has 0 N–H and O–H groups in total. The number of nitrogens with zero attached hydrogens (tertiary/aromatic N) is 4. The zero-order valence-electron chi connectivity index (χ0n) is 12.1. The molecule has 1 aromatic rings. The van der Waals surface area contributed by atoms with Gasteiger partial charge in [-0.25, -0.2) is 13.1 Å². The average molecular weight is 379 g/mol. The predicted octanol–water partition coefficient (Wildman–Crippen LogP) is 1.49. The van der Waals surface area contributed by atoms with Gasteiger partial charge in [-0.3, -0.25) is 4.79 Å². The van der Waals surface area contributed by atoms with Gasteiger partial charge in [-0.05, 0) is 35.7 Å². The lowest BCUT2D eigenvalue weighted by Crippen LogP contribution is -2.41. The summed E-state index contributed by atoms with van der Waals surface area (Å²) < 4.78 is 28.7. The standard InChI is InChI=1S/C12H19BrN4O3S/c1-9(18)8-10-6-4-3-5-7-17(10)21(19,20)12-11(13)14-15-16(12)2/h10H,3-8H2,1-2H3. The second-order valence-electron chi connectivity index (χ2n) is 5.33. The zero-order chi connectivity index (χ0) is 15.6. The third-order valence-electron chi connectivity index (χ3n) is 3.64. The Balaban J connectivity index is 2.41. The maximum absolute atomic E-state index is 12.9. The molecular weight excluding hydrogens is 360 g/mol. The van der Waals surface area contributed by atoms with Gasteiger partial charge in [0.05, 0.1) is 0 Å². The van der Waals surface area contributed by atoms with Crippen LogP contribution >= 0.6 is 15.9 Å². The third kappa shape index (κ3) is 3.51. The number of halogens is 1. The second kappa shape index (κ2) is 6.53. The van der Waals surface area contributed by atoms with Gasteiger partial charge < -0.3 is 0 Å². The molecule has 1 aromatic heterocycles. The summed E-state index contributed by atoms with van der Waals surface area (Å²) in [6, 6.07) is -0.281. The number of sulfonamides is 1. The minimum atomic E-state index is -3.73. The minimum absolute atomic E-state index is 0.00398. The monoisotopic (exact) mass is 378 g/mol. The van der Waals surface area contributed by atoms with Crippen LogP contribution < -0.4 is 0 Å². The summed E-state index contributed by atoms with van der Waals surface area (Å²) in [6.45, 7) is 1.93. The number of Topliss-reactive ketones (excluding diaryl/α,β-unsaturated/α-hetero) is 1. The molecule has 118 valence electrons. The first kappa shape index (κ1) is 16.6. The Bertz CT molecular complexity index is 609. The topological polar surface area (TPSA) is 85.2 Å². The smallest absolute Gasteiger partial charge is 0.263 e. The van der Waals surface area contributed by atoms with Crippen LogP contribution in [0.25, 0.3) is 0 Å². The molecule has 0 amide bonds. The van der Waals surface area contributed by atoms with Gasteiger partial charge in [0.2, 0.25) is 5.03 Å². The SMILES string of the molecule is CC(=O)CC1CCCCCN1S(=O)(=O)c1c(Br)nnn1C. The molecule has 1 saturated heterocycles. The van der Waals surface area contributed by atoms with Gasteiger partial charge in [-0.2, -0.15) is 4.31 Å². The first-order valence-electron chi connectivity index (χ1n) is 6.90. The molecule has 1 aliphatic rings. The Labute approximate surface area is 132 Å². The number of carbonyl (C=O) groups excluding carboxylic acids is 1. The summed E-state index contributed by atoms with van der Waals surface area (Å²) in [5.41, 5.74) is 0. The number of aryl methyl sites for hydroxylation is 1. The van der Waals surface area contributed by atoms with Crippen molar-refractivity contribution in [3.63, 3.8) is 0 Å². The van der Waals surface area contributed by atoms with E-state index in [0.717, 1.165) is 19.3 Å². The molecule has 9 heteroatoms. The molecule has 1 atom stereocenters. The van der Waals surface area contributed by atoms with E-state index in [4.69, 9.17) is 0 Å². The summed E-state index contributed by atoms with van der Waals surface area (Å²) >= 11 is 3.14. The quantitative estimate of drug-likeness (QED) is 0.791. The van der Waals surface area contributed by atoms with Crippen molar-refractivity contribution < 1.29 is 13.2 Å². The van der Waals surface area contributed by atoms with Gasteiger partial charge in [-0.1, -0.05) is 18.1 Å².